The van der Waals surface area contributed by atoms with Crippen molar-refractivity contribution in [3.8, 4) is 0 Å². The first kappa shape index (κ1) is 18.3. The summed E-state index contributed by atoms with van der Waals surface area (Å²) >= 11 is 4.11. The number of thiophene rings is 1. The van der Waals surface area contributed by atoms with Crippen LogP contribution in [0.4, 0.5) is 5.13 Å². The van der Waals surface area contributed by atoms with Crippen LogP contribution in [0.5, 0.6) is 0 Å². The van der Waals surface area contributed by atoms with Crippen LogP contribution in [-0.2, 0) is 20.7 Å². The summed E-state index contributed by atoms with van der Waals surface area (Å²) in [7, 11) is 0. The molecular weight excluding hydrogens is 380 g/mol. The Labute approximate surface area is 157 Å². The van der Waals surface area contributed by atoms with Crippen molar-refractivity contribution in [2.24, 2.45) is 0 Å². The molecule has 2 aromatic heterocycles. The SMILES string of the molecule is O=C(CSc1nnc(NC(=O)Cc2cccs2)s1)NC[C@@H]1CCCO1. The van der Waals surface area contributed by atoms with E-state index in [-0.39, 0.29) is 23.7 Å². The van der Waals surface area contributed by atoms with Crippen molar-refractivity contribution in [3.05, 3.63) is 22.4 Å². The standard InChI is InChI=1S/C15H18N4O3S3/c20-12(7-11-4-2-6-23-11)17-14-18-19-15(25-14)24-9-13(21)16-8-10-3-1-5-22-10/h2,4,6,10H,1,3,5,7-9H2,(H,16,21)(H,17,18,20)/t10-/m0/s1. The molecule has 134 valence electrons. The number of carbonyl (C=O) groups is 2. The summed E-state index contributed by atoms with van der Waals surface area (Å²) in [5.41, 5.74) is 0. The highest BCUT2D eigenvalue weighted by Crippen LogP contribution is 2.25. The third kappa shape index (κ3) is 6.07. The Hall–Kier alpha value is -1.49. The second kappa shape index (κ2) is 9.27. The minimum Gasteiger partial charge on any atom is -0.376 e. The van der Waals surface area contributed by atoms with Gasteiger partial charge in [-0.15, -0.1) is 21.5 Å². The van der Waals surface area contributed by atoms with Crippen molar-refractivity contribution in [2.75, 3.05) is 24.2 Å². The van der Waals surface area contributed by atoms with Gasteiger partial charge in [0.05, 0.1) is 18.3 Å². The minimum absolute atomic E-state index is 0.0565. The van der Waals surface area contributed by atoms with Crippen molar-refractivity contribution in [1.82, 2.24) is 15.5 Å². The van der Waals surface area contributed by atoms with E-state index in [4.69, 9.17) is 4.74 Å². The highest BCUT2D eigenvalue weighted by Gasteiger charge is 2.16. The number of thioether (sulfide) groups is 1. The number of hydrogen-bond donors (Lipinski definition) is 2. The maximum atomic E-state index is 11.9. The van der Waals surface area contributed by atoms with Gasteiger partial charge in [0.25, 0.3) is 0 Å². The third-order valence-corrected chi connectivity index (χ3v) is 6.29. The molecule has 2 aromatic rings. The molecule has 1 saturated heterocycles. The summed E-state index contributed by atoms with van der Waals surface area (Å²) in [6.45, 7) is 1.33. The van der Waals surface area contributed by atoms with E-state index in [0.717, 1.165) is 24.3 Å². The predicted octanol–water partition coefficient (Wildman–Crippen LogP) is 2.17. The molecule has 3 rings (SSSR count). The number of rotatable bonds is 8. The molecule has 0 spiro atoms. The molecule has 7 nitrogen and oxygen atoms in total. The van der Waals surface area contributed by atoms with E-state index in [2.05, 4.69) is 20.8 Å². The topological polar surface area (TPSA) is 93.2 Å². The summed E-state index contributed by atoms with van der Waals surface area (Å²) < 4.78 is 6.11. The van der Waals surface area contributed by atoms with Gasteiger partial charge in [-0.25, -0.2) is 0 Å². The summed E-state index contributed by atoms with van der Waals surface area (Å²) in [5, 5.41) is 15.9. The van der Waals surface area contributed by atoms with Crippen molar-refractivity contribution >= 4 is 51.4 Å². The van der Waals surface area contributed by atoms with Gasteiger partial charge in [0, 0.05) is 18.0 Å². The Morgan fingerprint density at radius 1 is 1.36 bits per heavy atom. The van der Waals surface area contributed by atoms with Crippen molar-refractivity contribution < 1.29 is 14.3 Å². The highest BCUT2D eigenvalue weighted by molar-refractivity contribution is 8.01. The van der Waals surface area contributed by atoms with E-state index in [0.29, 0.717) is 22.4 Å². The Kier molecular flexibility index (Phi) is 6.79. The number of nitrogens with one attached hydrogen (secondary N) is 2. The predicted molar refractivity (Wildman–Crippen MR) is 99.3 cm³/mol. The van der Waals surface area contributed by atoms with Crippen LogP contribution in [-0.4, -0.2) is 47.0 Å². The largest absolute Gasteiger partial charge is 0.376 e. The van der Waals surface area contributed by atoms with E-state index < -0.39 is 0 Å². The van der Waals surface area contributed by atoms with E-state index in [9.17, 15) is 9.59 Å². The van der Waals surface area contributed by atoms with E-state index in [1.807, 2.05) is 17.5 Å². The average molecular weight is 399 g/mol. The molecule has 2 amide bonds. The quantitative estimate of drug-likeness (QED) is 0.523. The van der Waals surface area contributed by atoms with Crippen LogP contribution in [0.25, 0.3) is 0 Å². The normalized spacial score (nSPS) is 16.7. The lowest BCUT2D eigenvalue weighted by Gasteiger charge is -2.09. The van der Waals surface area contributed by atoms with Crippen LogP contribution in [0.15, 0.2) is 21.9 Å². The van der Waals surface area contributed by atoms with Crippen LogP contribution < -0.4 is 10.6 Å². The molecule has 0 aliphatic carbocycles. The molecule has 1 atom stereocenters. The fourth-order valence-electron chi connectivity index (χ4n) is 2.26. The van der Waals surface area contributed by atoms with Crippen LogP contribution in [0.3, 0.4) is 0 Å². The fourth-order valence-corrected chi connectivity index (χ4v) is 4.57. The van der Waals surface area contributed by atoms with Gasteiger partial charge in [-0.05, 0) is 24.3 Å². The number of anilines is 1. The first-order valence-electron chi connectivity index (χ1n) is 7.86. The molecule has 1 fully saturated rings. The van der Waals surface area contributed by atoms with Gasteiger partial charge in [0.1, 0.15) is 0 Å². The number of carbonyl (C=O) groups excluding carboxylic acids is 2. The lowest BCUT2D eigenvalue weighted by Crippen LogP contribution is -2.32. The minimum atomic E-state index is -0.121. The van der Waals surface area contributed by atoms with Gasteiger partial charge in [0.2, 0.25) is 16.9 Å². The van der Waals surface area contributed by atoms with E-state index >= 15 is 0 Å². The Balaban J connectivity index is 1.37. The zero-order chi connectivity index (χ0) is 17.5. The molecule has 0 saturated carbocycles. The van der Waals surface area contributed by atoms with Crippen LogP contribution in [0, 0.1) is 0 Å². The molecule has 0 unspecified atom stereocenters. The van der Waals surface area contributed by atoms with E-state index in [1.165, 1.54) is 23.1 Å². The smallest absolute Gasteiger partial charge is 0.231 e. The number of hydrogen-bond acceptors (Lipinski definition) is 8. The van der Waals surface area contributed by atoms with Crippen molar-refractivity contribution in [2.45, 2.75) is 29.7 Å². The molecule has 0 aromatic carbocycles. The average Bonchev–Trinajstić information content (AvgIpc) is 3.34. The molecule has 1 aliphatic heterocycles. The lowest BCUT2D eigenvalue weighted by molar-refractivity contribution is -0.119. The fraction of sp³-hybridized carbons (Fsp3) is 0.467. The molecule has 1 aliphatic rings. The van der Waals surface area contributed by atoms with Crippen LogP contribution in [0.2, 0.25) is 0 Å². The Morgan fingerprint density at radius 2 is 2.28 bits per heavy atom. The van der Waals surface area contributed by atoms with Gasteiger partial charge in [0.15, 0.2) is 4.34 Å². The van der Waals surface area contributed by atoms with E-state index in [1.54, 1.807) is 11.3 Å². The van der Waals surface area contributed by atoms with Crippen LogP contribution >= 0.6 is 34.4 Å². The molecule has 0 bridgehead atoms. The van der Waals surface area contributed by atoms with Crippen molar-refractivity contribution in [3.63, 3.8) is 0 Å². The Morgan fingerprint density at radius 3 is 3.04 bits per heavy atom. The molecular formula is C15H18N4O3S3. The summed E-state index contributed by atoms with van der Waals surface area (Å²) in [6, 6.07) is 3.83. The number of ether oxygens (including phenoxy) is 1. The molecule has 2 N–H and O–H groups in total. The number of amides is 2. The molecule has 25 heavy (non-hydrogen) atoms. The van der Waals surface area contributed by atoms with Crippen molar-refractivity contribution in [1.29, 1.82) is 0 Å². The van der Waals surface area contributed by atoms with Gasteiger partial charge in [-0.1, -0.05) is 29.2 Å². The van der Waals surface area contributed by atoms with Crippen LogP contribution in [0.1, 0.15) is 17.7 Å². The van der Waals surface area contributed by atoms with Gasteiger partial charge in [-0.2, -0.15) is 0 Å². The Bertz CT molecular complexity index is 699. The van der Waals surface area contributed by atoms with Gasteiger partial charge in [-0.3, -0.25) is 9.59 Å². The summed E-state index contributed by atoms with van der Waals surface area (Å²) in [4.78, 5) is 24.8. The summed E-state index contributed by atoms with van der Waals surface area (Å²) in [5.74, 6) is 0.0910. The second-order valence-electron chi connectivity index (χ2n) is 5.41. The molecule has 3 heterocycles. The lowest BCUT2D eigenvalue weighted by atomic mass is 10.2. The first-order valence-corrected chi connectivity index (χ1v) is 10.5. The monoisotopic (exact) mass is 398 g/mol. The number of aromatic nitrogens is 2. The summed E-state index contributed by atoms with van der Waals surface area (Å²) in [6.07, 6.45) is 2.52. The second-order valence-corrected chi connectivity index (χ2v) is 8.64. The maximum Gasteiger partial charge on any atom is 0.231 e. The van der Waals surface area contributed by atoms with Gasteiger partial charge >= 0.3 is 0 Å². The molecule has 10 heteroatoms. The zero-order valence-electron chi connectivity index (χ0n) is 13.4. The molecule has 0 radical (unpaired) electrons. The zero-order valence-corrected chi connectivity index (χ0v) is 15.8. The maximum absolute atomic E-state index is 11.9. The third-order valence-electron chi connectivity index (χ3n) is 3.45. The number of nitrogens with zero attached hydrogens (tertiary/aromatic N) is 2. The first-order chi connectivity index (χ1) is 12.2. The highest BCUT2D eigenvalue weighted by atomic mass is 32.2. The van der Waals surface area contributed by atoms with Gasteiger partial charge < -0.3 is 15.4 Å².